The summed E-state index contributed by atoms with van der Waals surface area (Å²) in [5, 5.41) is 0. The molecule has 0 aromatic heterocycles. The molecular weight excluding hydrogens is 240 g/mol. The number of hydrogen-bond acceptors (Lipinski definition) is 3. The van der Waals surface area contributed by atoms with Gasteiger partial charge in [-0.2, -0.15) is 0 Å². The van der Waals surface area contributed by atoms with E-state index in [4.69, 9.17) is 14.2 Å². The first-order chi connectivity index (χ1) is 9.35. The minimum Gasteiger partial charge on any atom is -0.381 e. The summed E-state index contributed by atoms with van der Waals surface area (Å²) in [6.45, 7) is 0.796. The van der Waals surface area contributed by atoms with Crippen molar-refractivity contribution in [3.8, 4) is 0 Å². The zero-order valence-corrected chi connectivity index (χ0v) is 11.9. The fourth-order valence-electron chi connectivity index (χ4n) is 2.84. The zero-order chi connectivity index (χ0) is 13.5. The minimum absolute atomic E-state index is 0.116. The van der Waals surface area contributed by atoms with Crippen molar-refractivity contribution < 1.29 is 14.2 Å². The summed E-state index contributed by atoms with van der Waals surface area (Å²) in [6.07, 6.45) is 4.34. The average Bonchev–Trinajstić information content (AvgIpc) is 2.49. The maximum Gasteiger partial charge on any atom is 0.162 e. The van der Waals surface area contributed by atoms with Crippen molar-refractivity contribution in [1.29, 1.82) is 0 Å². The smallest absolute Gasteiger partial charge is 0.162 e. The van der Waals surface area contributed by atoms with Crippen LogP contribution in [0.4, 0.5) is 0 Å². The molecule has 19 heavy (non-hydrogen) atoms. The van der Waals surface area contributed by atoms with Crippen LogP contribution in [0.2, 0.25) is 0 Å². The molecule has 0 amide bonds. The summed E-state index contributed by atoms with van der Waals surface area (Å²) >= 11 is 0. The van der Waals surface area contributed by atoms with Crippen LogP contribution < -0.4 is 0 Å². The second kappa shape index (κ2) is 7.63. The normalized spacial score (nSPS) is 25.2. The van der Waals surface area contributed by atoms with E-state index >= 15 is 0 Å². The Morgan fingerprint density at radius 3 is 2.74 bits per heavy atom. The summed E-state index contributed by atoms with van der Waals surface area (Å²) in [4.78, 5) is 0. The van der Waals surface area contributed by atoms with E-state index in [0.29, 0.717) is 5.92 Å². The molecule has 1 aliphatic rings. The Hall–Kier alpha value is -0.900. The highest BCUT2D eigenvalue weighted by Crippen LogP contribution is 2.28. The van der Waals surface area contributed by atoms with Crippen LogP contribution >= 0.6 is 0 Å². The molecule has 2 rings (SSSR count). The lowest BCUT2D eigenvalue weighted by Crippen LogP contribution is -2.39. The summed E-state index contributed by atoms with van der Waals surface area (Å²) < 4.78 is 16.8. The van der Waals surface area contributed by atoms with E-state index in [2.05, 4.69) is 24.3 Å². The third kappa shape index (κ3) is 4.03. The monoisotopic (exact) mass is 264 g/mol. The Bertz CT molecular complexity index is 352. The zero-order valence-electron chi connectivity index (χ0n) is 11.9. The largest absolute Gasteiger partial charge is 0.381 e. The van der Waals surface area contributed by atoms with Gasteiger partial charge in [0.2, 0.25) is 0 Å². The first-order valence-electron chi connectivity index (χ1n) is 7.06. The van der Waals surface area contributed by atoms with Gasteiger partial charge in [0.15, 0.2) is 6.29 Å². The lowest BCUT2D eigenvalue weighted by molar-refractivity contribution is -0.202. The van der Waals surface area contributed by atoms with Gasteiger partial charge in [-0.05, 0) is 31.2 Å². The fraction of sp³-hybridized carbons (Fsp3) is 0.625. The molecule has 1 heterocycles. The van der Waals surface area contributed by atoms with Gasteiger partial charge in [0.05, 0.1) is 6.10 Å². The Morgan fingerprint density at radius 2 is 2.05 bits per heavy atom. The fourth-order valence-corrected chi connectivity index (χ4v) is 2.84. The topological polar surface area (TPSA) is 27.7 Å². The Labute approximate surface area is 115 Å². The summed E-state index contributed by atoms with van der Waals surface area (Å²) in [5.74, 6) is 0.340. The van der Waals surface area contributed by atoms with Gasteiger partial charge in [-0.3, -0.25) is 0 Å². The number of methoxy groups -OCH3 is 2. The van der Waals surface area contributed by atoms with E-state index in [-0.39, 0.29) is 12.4 Å². The molecule has 106 valence electrons. The predicted octanol–water partition coefficient (Wildman–Crippen LogP) is 3.03. The van der Waals surface area contributed by atoms with Crippen LogP contribution in [0.5, 0.6) is 0 Å². The molecule has 3 nitrogen and oxygen atoms in total. The van der Waals surface area contributed by atoms with E-state index in [1.165, 1.54) is 5.56 Å². The van der Waals surface area contributed by atoms with Crippen molar-refractivity contribution in [1.82, 2.24) is 0 Å². The molecular formula is C16H24O3. The minimum atomic E-state index is -0.116. The molecule has 3 unspecified atom stereocenters. The van der Waals surface area contributed by atoms with Crippen molar-refractivity contribution in [3.63, 3.8) is 0 Å². The second-order valence-corrected chi connectivity index (χ2v) is 5.08. The van der Waals surface area contributed by atoms with E-state index in [1.807, 2.05) is 6.07 Å². The highest BCUT2D eigenvalue weighted by Gasteiger charge is 2.32. The van der Waals surface area contributed by atoms with Crippen LogP contribution in [0, 0.1) is 5.92 Å². The summed E-state index contributed by atoms with van der Waals surface area (Å²) in [7, 11) is 3.50. The lowest BCUT2D eigenvalue weighted by atomic mass is 9.90. The predicted molar refractivity (Wildman–Crippen MR) is 75.0 cm³/mol. The number of benzene rings is 1. The Kier molecular flexibility index (Phi) is 5.83. The van der Waals surface area contributed by atoms with E-state index in [0.717, 1.165) is 32.3 Å². The molecule has 1 aromatic carbocycles. The van der Waals surface area contributed by atoms with Crippen LogP contribution in [0.1, 0.15) is 24.8 Å². The second-order valence-electron chi connectivity index (χ2n) is 5.08. The van der Waals surface area contributed by atoms with Crippen LogP contribution in [0.3, 0.4) is 0 Å². The maximum absolute atomic E-state index is 5.68. The third-order valence-corrected chi connectivity index (χ3v) is 3.89. The van der Waals surface area contributed by atoms with Gasteiger partial charge >= 0.3 is 0 Å². The van der Waals surface area contributed by atoms with Crippen LogP contribution in [-0.4, -0.2) is 33.2 Å². The first-order valence-corrected chi connectivity index (χ1v) is 7.06. The molecule has 1 fully saturated rings. The number of ether oxygens (including phenoxy) is 3. The van der Waals surface area contributed by atoms with Gasteiger partial charge in [0, 0.05) is 26.7 Å². The van der Waals surface area contributed by atoms with Crippen LogP contribution in [0.25, 0.3) is 0 Å². The van der Waals surface area contributed by atoms with Gasteiger partial charge in [-0.1, -0.05) is 30.3 Å². The Morgan fingerprint density at radius 1 is 1.26 bits per heavy atom. The van der Waals surface area contributed by atoms with Gasteiger partial charge < -0.3 is 14.2 Å². The molecule has 1 aromatic rings. The van der Waals surface area contributed by atoms with E-state index in [9.17, 15) is 0 Å². The highest BCUT2D eigenvalue weighted by atomic mass is 16.7. The third-order valence-electron chi connectivity index (χ3n) is 3.89. The summed E-state index contributed by atoms with van der Waals surface area (Å²) in [6, 6.07) is 10.5. The van der Waals surface area contributed by atoms with Crippen LogP contribution in [-0.2, 0) is 20.6 Å². The highest BCUT2D eigenvalue weighted by molar-refractivity contribution is 5.14. The van der Waals surface area contributed by atoms with Gasteiger partial charge in [-0.15, -0.1) is 0 Å². The number of hydrogen-bond donors (Lipinski definition) is 0. The quantitative estimate of drug-likeness (QED) is 0.790. The number of aryl methyl sites for hydroxylation is 1. The number of rotatable bonds is 6. The average molecular weight is 264 g/mol. The van der Waals surface area contributed by atoms with Gasteiger partial charge in [-0.25, -0.2) is 0 Å². The molecule has 1 aliphatic heterocycles. The van der Waals surface area contributed by atoms with Crippen molar-refractivity contribution in [2.75, 3.05) is 20.8 Å². The Balaban J connectivity index is 1.91. The molecule has 1 saturated heterocycles. The van der Waals surface area contributed by atoms with Crippen LogP contribution in [0.15, 0.2) is 30.3 Å². The van der Waals surface area contributed by atoms with Crippen molar-refractivity contribution in [3.05, 3.63) is 35.9 Å². The molecule has 0 aliphatic carbocycles. The summed E-state index contributed by atoms with van der Waals surface area (Å²) in [5.41, 5.74) is 1.36. The molecule has 0 spiro atoms. The lowest BCUT2D eigenvalue weighted by Gasteiger charge is -2.35. The van der Waals surface area contributed by atoms with Gasteiger partial charge in [0.1, 0.15) is 0 Å². The molecule has 0 radical (unpaired) electrons. The van der Waals surface area contributed by atoms with Crippen molar-refractivity contribution >= 4 is 0 Å². The molecule has 0 bridgehead atoms. The first kappa shape index (κ1) is 14.5. The standard InChI is InChI=1S/C16H24O3/c1-17-15(11-10-13-7-4-3-5-8-13)14-9-6-12-19-16(14)18-2/h3-5,7-8,14-16H,6,9-12H2,1-2H3. The van der Waals surface area contributed by atoms with Crippen molar-refractivity contribution in [2.24, 2.45) is 5.92 Å². The van der Waals surface area contributed by atoms with Crippen molar-refractivity contribution in [2.45, 2.75) is 38.1 Å². The van der Waals surface area contributed by atoms with E-state index in [1.54, 1.807) is 14.2 Å². The molecule has 0 N–H and O–H groups in total. The SMILES string of the molecule is COC(CCc1ccccc1)C1CCCOC1OC. The molecule has 0 saturated carbocycles. The maximum atomic E-state index is 5.68. The van der Waals surface area contributed by atoms with E-state index < -0.39 is 0 Å². The molecule has 3 atom stereocenters. The van der Waals surface area contributed by atoms with Gasteiger partial charge in [0.25, 0.3) is 0 Å². The molecule has 3 heteroatoms.